The summed E-state index contributed by atoms with van der Waals surface area (Å²) in [6.07, 6.45) is 4.99. The number of hydrogen-bond donors (Lipinski definition) is 0. The van der Waals surface area contributed by atoms with E-state index in [1.165, 1.54) is 12.6 Å². The maximum absolute atomic E-state index is 12.6. The lowest BCUT2D eigenvalue weighted by molar-refractivity contribution is -0.133. The minimum absolute atomic E-state index is 0.0388. The summed E-state index contributed by atoms with van der Waals surface area (Å²) in [6.45, 7) is 2.44. The number of aromatic nitrogens is 3. The van der Waals surface area contributed by atoms with E-state index in [1.54, 1.807) is 4.57 Å². The molecular formula is C14H18N4O3S. The van der Waals surface area contributed by atoms with Gasteiger partial charge < -0.3 is 9.32 Å². The van der Waals surface area contributed by atoms with E-state index in [-0.39, 0.29) is 18.5 Å². The molecule has 1 saturated carbocycles. The van der Waals surface area contributed by atoms with Crippen LogP contribution in [-0.2, 0) is 28.7 Å². The Morgan fingerprint density at radius 2 is 2.27 bits per heavy atom. The summed E-state index contributed by atoms with van der Waals surface area (Å²) in [6, 6.07) is 4.05. The lowest BCUT2D eigenvalue weighted by Gasteiger charge is -2.21. The van der Waals surface area contributed by atoms with Crippen LogP contribution < -0.4 is 0 Å². The third-order valence-electron chi connectivity index (χ3n) is 3.57. The van der Waals surface area contributed by atoms with E-state index in [1.807, 2.05) is 24.0 Å². The highest BCUT2D eigenvalue weighted by Crippen LogP contribution is 2.29. The van der Waals surface area contributed by atoms with E-state index in [0.717, 1.165) is 24.4 Å². The number of carbonyl (C=O) groups excluding carboxylic acids is 1. The molecule has 1 fully saturated rings. The van der Waals surface area contributed by atoms with Gasteiger partial charge in [0.05, 0.1) is 17.3 Å². The lowest BCUT2D eigenvalue weighted by atomic mass is 10.3. The largest absolute Gasteiger partial charge is 0.464 e. The second kappa shape index (κ2) is 6.04. The molecule has 3 rings (SSSR count). The molecule has 8 heteroatoms. The molecule has 1 aliphatic rings. The molecule has 22 heavy (non-hydrogen) atoms. The van der Waals surface area contributed by atoms with Gasteiger partial charge in [0.1, 0.15) is 24.4 Å². The highest BCUT2D eigenvalue weighted by molar-refractivity contribution is 7.84. The Bertz CT molecular complexity index is 705. The topological polar surface area (TPSA) is 81.2 Å². The third kappa shape index (κ3) is 3.27. The number of nitrogens with zero attached hydrogens (tertiary/aromatic N) is 4. The Morgan fingerprint density at radius 1 is 1.50 bits per heavy atom. The Kier molecular flexibility index (Phi) is 4.10. The summed E-state index contributed by atoms with van der Waals surface area (Å²) in [5.41, 5.74) is 0. The van der Waals surface area contributed by atoms with Crippen LogP contribution in [0.1, 0.15) is 24.4 Å². The van der Waals surface area contributed by atoms with Crippen LogP contribution in [0, 0.1) is 6.92 Å². The predicted octanol–water partition coefficient (Wildman–Crippen LogP) is 1.11. The first kappa shape index (κ1) is 15.0. The molecule has 2 aromatic heterocycles. The first-order valence-corrected chi connectivity index (χ1v) is 8.66. The molecule has 2 aromatic rings. The monoisotopic (exact) mass is 322 g/mol. The number of aryl methyl sites for hydroxylation is 1. The molecule has 0 N–H and O–H groups in total. The fraction of sp³-hybridized carbons (Fsp3) is 0.500. The van der Waals surface area contributed by atoms with Gasteiger partial charge in [0, 0.05) is 12.3 Å². The van der Waals surface area contributed by atoms with E-state index in [2.05, 4.69) is 10.2 Å². The van der Waals surface area contributed by atoms with Crippen molar-refractivity contribution in [2.24, 2.45) is 0 Å². The van der Waals surface area contributed by atoms with Crippen molar-refractivity contribution in [2.75, 3.05) is 6.26 Å². The van der Waals surface area contributed by atoms with Crippen molar-refractivity contribution in [1.82, 2.24) is 19.7 Å². The summed E-state index contributed by atoms with van der Waals surface area (Å²) in [4.78, 5) is 14.4. The maximum Gasteiger partial charge on any atom is 0.243 e. The van der Waals surface area contributed by atoms with Crippen LogP contribution in [0.15, 0.2) is 28.0 Å². The van der Waals surface area contributed by atoms with E-state index in [4.69, 9.17) is 4.42 Å². The summed E-state index contributed by atoms with van der Waals surface area (Å²) in [5.74, 6) is 1.57. The maximum atomic E-state index is 12.6. The number of carbonyl (C=O) groups is 1. The van der Waals surface area contributed by atoms with E-state index in [9.17, 15) is 9.00 Å². The quantitative estimate of drug-likeness (QED) is 0.796. The van der Waals surface area contributed by atoms with Crippen LogP contribution in [-0.4, -0.2) is 42.1 Å². The van der Waals surface area contributed by atoms with Gasteiger partial charge in [-0.2, -0.15) is 0 Å². The first-order valence-electron chi connectivity index (χ1n) is 7.10. The van der Waals surface area contributed by atoms with E-state index < -0.39 is 10.8 Å². The average molecular weight is 322 g/mol. The lowest BCUT2D eigenvalue weighted by Crippen LogP contribution is -2.35. The zero-order chi connectivity index (χ0) is 15.7. The van der Waals surface area contributed by atoms with Crippen molar-refractivity contribution in [3.63, 3.8) is 0 Å². The van der Waals surface area contributed by atoms with Gasteiger partial charge in [-0.15, -0.1) is 10.2 Å². The van der Waals surface area contributed by atoms with Gasteiger partial charge in [-0.1, -0.05) is 0 Å². The van der Waals surface area contributed by atoms with Crippen molar-refractivity contribution in [3.8, 4) is 0 Å². The Labute approximate surface area is 130 Å². The average Bonchev–Trinajstić information content (AvgIpc) is 3.05. The second-order valence-corrected chi connectivity index (χ2v) is 6.73. The van der Waals surface area contributed by atoms with Gasteiger partial charge in [0.25, 0.3) is 0 Å². The molecule has 7 nitrogen and oxygen atoms in total. The minimum Gasteiger partial charge on any atom is -0.464 e. The van der Waals surface area contributed by atoms with Crippen LogP contribution in [0.3, 0.4) is 0 Å². The predicted molar refractivity (Wildman–Crippen MR) is 79.4 cm³/mol. The Hall–Kier alpha value is -1.96. The van der Waals surface area contributed by atoms with Gasteiger partial charge in [-0.25, -0.2) is 0 Å². The molecule has 0 aromatic carbocycles. The zero-order valence-electron chi connectivity index (χ0n) is 12.6. The number of hydrogen-bond acceptors (Lipinski definition) is 5. The molecule has 0 radical (unpaired) electrons. The van der Waals surface area contributed by atoms with Gasteiger partial charge in [-0.3, -0.25) is 13.6 Å². The summed E-state index contributed by atoms with van der Waals surface area (Å²) >= 11 is 0. The minimum atomic E-state index is -1.27. The molecule has 0 bridgehead atoms. The molecule has 1 aliphatic carbocycles. The van der Waals surface area contributed by atoms with Crippen molar-refractivity contribution in [1.29, 1.82) is 0 Å². The third-order valence-corrected chi connectivity index (χ3v) is 4.40. The Morgan fingerprint density at radius 3 is 2.86 bits per heavy atom. The zero-order valence-corrected chi connectivity index (χ0v) is 13.4. The molecule has 0 spiro atoms. The molecule has 2 heterocycles. The van der Waals surface area contributed by atoms with Crippen molar-refractivity contribution < 1.29 is 13.4 Å². The van der Waals surface area contributed by atoms with Crippen LogP contribution in [0.4, 0.5) is 0 Å². The van der Waals surface area contributed by atoms with Crippen molar-refractivity contribution in [2.45, 2.75) is 44.1 Å². The molecule has 0 saturated heterocycles. The van der Waals surface area contributed by atoms with Crippen LogP contribution in [0.5, 0.6) is 0 Å². The van der Waals surface area contributed by atoms with Gasteiger partial charge in [-0.05, 0) is 31.9 Å². The SMILES string of the molecule is Cc1ccc(CN(C(=O)Cn2cnnc2[S@@](C)=O)C2CC2)o1. The van der Waals surface area contributed by atoms with Crippen molar-refractivity contribution in [3.05, 3.63) is 30.0 Å². The standard InChI is InChI=1S/C14H18N4O3S/c1-10-3-6-12(21-10)7-18(11-4-5-11)13(19)8-17-9-15-16-14(17)22(2)20/h3,6,9,11H,4-5,7-8H2,1-2H3/t22-/m1/s1. The normalized spacial score (nSPS) is 15.7. The number of furan rings is 1. The summed E-state index contributed by atoms with van der Waals surface area (Å²) in [7, 11) is -1.27. The smallest absolute Gasteiger partial charge is 0.243 e. The van der Waals surface area contributed by atoms with Crippen molar-refractivity contribution >= 4 is 16.7 Å². The molecule has 0 aliphatic heterocycles. The summed E-state index contributed by atoms with van der Waals surface area (Å²) in [5, 5.41) is 7.85. The Balaban J connectivity index is 1.73. The molecular weight excluding hydrogens is 304 g/mol. The van der Waals surface area contributed by atoms with Gasteiger partial charge in [0.15, 0.2) is 0 Å². The van der Waals surface area contributed by atoms with Gasteiger partial charge in [0.2, 0.25) is 11.1 Å². The van der Waals surface area contributed by atoms with Crippen LogP contribution >= 0.6 is 0 Å². The molecule has 1 atom stereocenters. The summed E-state index contributed by atoms with van der Waals surface area (Å²) < 4.78 is 18.7. The molecule has 0 unspecified atom stereocenters. The fourth-order valence-electron chi connectivity index (χ4n) is 2.36. The van der Waals surface area contributed by atoms with Crippen LogP contribution in [0.25, 0.3) is 0 Å². The molecule has 118 valence electrons. The first-order chi connectivity index (χ1) is 10.5. The van der Waals surface area contributed by atoms with Gasteiger partial charge >= 0.3 is 0 Å². The highest BCUT2D eigenvalue weighted by atomic mass is 32.2. The number of rotatable bonds is 6. The second-order valence-electron chi connectivity index (χ2n) is 5.46. The highest BCUT2D eigenvalue weighted by Gasteiger charge is 2.33. The van der Waals surface area contributed by atoms with E-state index >= 15 is 0 Å². The van der Waals surface area contributed by atoms with E-state index in [0.29, 0.717) is 11.7 Å². The molecule has 1 amide bonds. The number of amides is 1. The van der Waals surface area contributed by atoms with Crippen LogP contribution in [0.2, 0.25) is 0 Å². The fourth-order valence-corrected chi connectivity index (χ4v) is 2.96.